The van der Waals surface area contributed by atoms with Gasteiger partial charge in [-0.2, -0.15) is 0 Å². The third-order valence-corrected chi connectivity index (χ3v) is 2.49. The van der Waals surface area contributed by atoms with Crippen molar-refractivity contribution in [2.45, 2.75) is 19.8 Å². The van der Waals surface area contributed by atoms with E-state index in [1.165, 1.54) is 7.11 Å². The van der Waals surface area contributed by atoms with Crippen molar-refractivity contribution >= 4 is 12.3 Å². The molecule has 1 aromatic heterocycles. The average Bonchev–Trinajstić information content (AvgIpc) is 2.62. The van der Waals surface area contributed by atoms with E-state index in [0.717, 1.165) is 17.4 Å². The van der Waals surface area contributed by atoms with Crippen LogP contribution >= 0.6 is 0 Å². The van der Waals surface area contributed by atoms with Gasteiger partial charge >= 0.3 is 5.97 Å². The highest BCUT2D eigenvalue weighted by Gasteiger charge is 2.13. The Morgan fingerprint density at radius 2 is 2.31 bits per heavy atom. The topological polar surface area (TPSA) is 59.2 Å². The summed E-state index contributed by atoms with van der Waals surface area (Å²) in [5.41, 5.74) is 2.65. The van der Waals surface area contributed by atoms with Gasteiger partial charge in [0.2, 0.25) is 0 Å². The summed E-state index contributed by atoms with van der Waals surface area (Å²) in [5, 5.41) is 0. The molecule has 4 heteroatoms. The first kappa shape index (κ1) is 12.1. The van der Waals surface area contributed by atoms with Crippen molar-refractivity contribution in [3.8, 4) is 12.3 Å². The molecule has 84 valence electrons. The molecule has 1 aromatic rings. The third-order valence-electron chi connectivity index (χ3n) is 2.49. The molecule has 0 saturated carbocycles. The second kappa shape index (κ2) is 5.17. The van der Waals surface area contributed by atoms with E-state index >= 15 is 0 Å². The highest BCUT2D eigenvalue weighted by atomic mass is 16.5. The summed E-state index contributed by atoms with van der Waals surface area (Å²) in [6.45, 7) is 1.80. The summed E-state index contributed by atoms with van der Waals surface area (Å²) in [5.74, 6) is 2.17. The van der Waals surface area contributed by atoms with Crippen LogP contribution in [0.25, 0.3) is 0 Å². The highest BCUT2D eigenvalue weighted by molar-refractivity contribution is 5.77. The van der Waals surface area contributed by atoms with Gasteiger partial charge in [0.25, 0.3) is 0 Å². The van der Waals surface area contributed by atoms with Crippen LogP contribution < -0.4 is 0 Å². The Labute approximate surface area is 94.0 Å². The minimum absolute atomic E-state index is 0.252. The number of H-pyrrole nitrogens is 1. The molecule has 16 heavy (non-hydrogen) atoms. The minimum atomic E-state index is -0.295. The fourth-order valence-electron chi connectivity index (χ4n) is 1.54. The largest absolute Gasteiger partial charge is 0.469 e. The Morgan fingerprint density at radius 1 is 1.62 bits per heavy atom. The Bertz CT molecular complexity index is 452. The summed E-state index contributed by atoms with van der Waals surface area (Å²) in [4.78, 5) is 24.6. The second-order valence-electron chi connectivity index (χ2n) is 3.36. The molecule has 1 N–H and O–H groups in total. The number of carbonyl (C=O) groups excluding carboxylic acids is 2. The summed E-state index contributed by atoms with van der Waals surface area (Å²) >= 11 is 0. The molecule has 0 amide bonds. The van der Waals surface area contributed by atoms with Crippen LogP contribution in [0.4, 0.5) is 0 Å². The van der Waals surface area contributed by atoms with Gasteiger partial charge in [0.1, 0.15) is 0 Å². The summed E-state index contributed by atoms with van der Waals surface area (Å²) in [7, 11) is 1.34. The molecule has 1 rings (SSSR count). The highest BCUT2D eigenvalue weighted by Crippen LogP contribution is 2.18. The van der Waals surface area contributed by atoms with E-state index < -0.39 is 0 Å². The first-order chi connectivity index (χ1) is 7.63. The number of terminal acetylenes is 1. The SMILES string of the molecule is C#Cc1[nH]c(C=O)c(C)c1CCC(=O)OC. The summed E-state index contributed by atoms with van der Waals surface area (Å²) in [6, 6.07) is 0. The molecule has 4 nitrogen and oxygen atoms in total. The lowest BCUT2D eigenvalue weighted by Crippen LogP contribution is -2.03. The quantitative estimate of drug-likeness (QED) is 0.470. The van der Waals surface area contributed by atoms with Gasteiger partial charge in [-0.25, -0.2) is 0 Å². The standard InChI is InChI=1S/C12H13NO3/c1-4-10-9(5-6-12(15)16-3)8(2)11(7-14)13-10/h1,7,13H,5-6H2,2-3H3. The van der Waals surface area contributed by atoms with Gasteiger partial charge in [0.15, 0.2) is 6.29 Å². The van der Waals surface area contributed by atoms with Crippen molar-refractivity contribution in [3.63, 3.8) is 0 Å². The second-order valence-corrected chi connectivity index (χ2v) is 3.36. The van der Waals surface area contributed by atoms with Gasteiger partial charge in [0, 0.05) is 6.42 Å². The number of hydrogen-bond acceptors (Lipinski definition) is 3. The van der Waals surface area contributed by atoms with Crippen LogP contribution in [0.1, 0.15) is 33.7 Å². The number of carbonyl (C=O) groups is 2. The van der Waals surface area contributed by atoms with E-state index in [1.54, 1.807) is 6.92 Å². The molecule has 0 aliphatic rings. The molecule has 0 aliphatic carbocycles. The van der Waals surface area contributed by atoms with Crippen LogP contribution in [-0.2, 0) is 16.0 Å². The molecule has 0 bridgehead atoms. The van der Waals surface area contributed by atoms with E-state index in [9.17, 15) is 9.59 Å². The Morgan fingerprint density at radius 3 is 2.81 bits per heavy atom. The minimum Gasteiger partial charge on any atom is -0.469 e. The van der Waals surface area contributed by atoms with E-state index in [4.69, 9.17) is 6.42 Å². The maximum atomic E-state index is 11.0. The van der Waals surface area contributed by atoms with E-state index in [0.29, 0.717) is 17.8 Å². The van der Waals surface area contributed by atoms with Crippen molar-refractivity contribution in [1.29, 1.82) is 0 Å². The van der Waals surface area contributed by atoms with Gasteiger partial charge in [-0.3, -0.25) is 9.59 Å². The fraction of sp³-hybridized carbons (Fsp3) is 0.333. The molecule has 0 atom stereocenters. The first-order valence-electron chi connectivity index (χ1n) is 4.84. The van der Waals surface area contributed by atoms with Gasteiger partial charge < -0.3 is 9.72 Å². The molecular weight excluding hydrogens is 206 g/mol. The van der Waals surface area contributed by atoms with Crippen LogP contribution in [0.5, 0.6) is 0 Å². The Kier molecular flexibility index (Phi) is 3.90. The predicted molar refractivity (Wildman–Crippen MR) is 59.2 cm³/mol. The van der Waals surface area contributed by atoms with Crippen LogP contribution in [0.15, 0.2) is 0 Å². The van der Waals surface area contributed by atoms with Crippen LogP contribution in [0, 0.1) is 19.3 Å². The van der Waals surface area contributed by atoms with Crippen molar-refractivity contribution in [3.05, 3.63) is 22.5 Å². The molecule has 0 unspecified atom stereocenters. The average molecular weight is 219 g/mol. The zero-order valence-electron chi connectivity index (χ0n) is 9.29. The number of aldehydes is 1. The van der Waals surface area contributed by atoms with E-state index in [-0.39, 0.29) is 12.4 Å². The molecule has 0 saturated heterocycles. The fourth-order valence-corrected chi connectivity index (χ4v) is 1.54. The zero-order chi connectivity index (χ0) is 12.1. The number of aromatic nitrogens is 1. The third kappa shape index (κ3) is 2.31. The summed E-state index contributed by atoms with van der Waals surface area (Å²) in [6.07, 6.45) is 6.76. The van der Waals surface area contributed by atoms with Crippen LogP contribution in [0.2, 0.25) is 0 Å². The number of ether oxygens (including phenoxy) is 1. The summed E-state index contributed by atoms with van der Waals surface area (Å²) < 4.78 is 4.55. The maximum Gasteiger partial charge on any atom is 0.305 e. The van der Waals surface area contributed by atoms with Gasteiger partial charge in [-0.05, 0) is 24.5 Å². The number of methoxy groups -OCH3 is 1. The Balaban J connectivity index is 2.94. The van der Waals surface area contributed by atoms with Gasteiger partial charge in [-0.1, -0.05) is 5.92 Å². The molecule has 0 aromatic carbocycles. The van der Waals surface area contributed by atoms with E-state index in [1.807, 2.05) is 0 Å². The monoisotopic (exact) mass is 219 g/mol. The normalized spacial score (nSPS) is 9.56. The number of esters is 1. The van der Waals surface area contributed by atoms with Crippen LogP contribution in [-0.4, -0.2) is 24.3 Å². The molecule has 0 aliphatic heterocycles. The number of rotatable bonds is 4. The lowest BCUT2D eigenvalue weighted by Gasteiger charge is -2.00. The maximum absolute atomic E-state index is 11.0. The lowest BCUT2D eigenvalue weighted by atomic mass is 10.0. The van der Waals surface area contributed by atoms with E-state index in [2.05, 4.69) is 15.6 Å². The predicted octanol–water partition coefficient (Wildman–Crippen LogP) is 1.22. The lowest BCUT2D eigenvalue weighted by molar-refractivity contribution is -0.140. The van der Waals surface area contributed by atoms with Gasteiger partial charge in [-0.15, -0.1) is 6.42 Å². The smallest absolute Gasteiger partial charge is 0.305 e. The van der Waals surface area contributed by atoms with Crippen molar-refractivity contribution in [1.82, 2.24) is 4.98 Å². The zero-order valence-corrected chi connectivity index (χ0v) is 9.29. The molecule has 0 spiro atoms. The van der Waals surface area contributed by atoms with Crippen molar-refractivity contribution < 1.29 is 14.3 Å². The first-order valence-corrected chi connectivity index (χ1v) is 4.84. The van der Waals surface area contributed by atoms with Crippen LogP contribution in [0.3, 0.4) is 0 Å². The molecule has 0 fully saturated rings. The van der Waals surface area contributed by atoms with Gasteiger partial charge in [0.05, 0.1) is 18.5 Å². The number of aromatic amines is 1. The molecular formula is C12H13NO3. The van der Waals surface area contributed by atoms with Crippen molar-refractivity contribution in [2.75, 3.05) is 7.11 Å². The molecule has 1 heterocycles. The number of nitrogens with one attached hydrogen (secondary N) is 1. The Hall–Kier alpha value is -2.02. The van der Waals surface area contributed by atoms with Crippen molar-refractivity contribution in [2.24, 2.45) is 0 Å². The number of hydrogen-bond donors (Lipinski definition) is 1. The molecule has 0 radical (unpaired) electrons.